The van der Waals surface area contributed by atoms with Gasteiger partial charge >= 0.3 is 5.97 Å². The van der Waals surface area contributed by atoms with E-state index in [1.165, 1.54) is 0 Å². The average Bonchev–Trinajstić information content (AvgIpc) is 2.54. The molecule has 2 heterocycles. The Morgan fingerprint density at radius 2 is 2.06 bits per heavy atom. The number of aromatic carboxylic acids is 1. The third-order valence-electron chi connectivity index (χ3n) is 2.66. The minimum atomic E-state index is -0.973. The quantitative estimate of drug-likeness (QED) is 0.926. The Hall–Kier alpha value is -1.69. The SMILES string of the molecule is Cc1cnc(-n2nc(C)c(C(=O)O)c2C)c(Br)c1. The molecule has 0 amide bonds. The summed E-state index contributed by atoms with van der Waals surface area (Å²) in [5.41, 5.74) is 2.29. The molecular weight excluding hydrogens is 298 g/mol. The van der Waals surface area contributed by atoms with E-state index in [0.717, 1.165) is 10.0 Å². The Morgan fingerprint density at radius 3 is 2.56 bits per heavy atom. The lowest BCUT2D eigenvalue weighted by molar-refractivity contribution is 0.0695. The lowest BCUT2D eigenvalue weighted by Gasteiger charge is -2.06. The lowest BCUT2D eigenvalue weighted by atomic mass is 10.2. The first kappa shape index (κ1) is 12.8. The van der Waals surface area contributed by atoms with Crippen LogP contribution in [0.5, 0.6) is 0 Å². The number of rotatable bonds is 2. The Kier molecular flexibility index (Phi) is 3.21. The molecule has 2 aromatic heterocycles. The second-order valence-corrected chi connectivity index (χ2v) is 4.94. The molecule has 0 saturated carbocycles. The highest BCUT2D eigenvalue weighted by Crippen LogP contribution is 2.23. The molecule has 0 aliphatic rings. The molecule has 0 unspecified atom stereocenters. The molecule has 0 atom stereocenters. The molecule has 18 heavy (non-hydrogen) atoms. The number of aromatic nitrogens is 3. The van der Waals surface area contributed by atoms with Crippen molar-refractivity contribution in [1.82, 2.24) is 14.8 Å². The fraction of sp³-hybridized carbons (Fsp3) is 0.250. The highest BCUT2D eigenvalue weighted by atomic mass is 79.9. The van der Waals surface area contributed by atoms with E-state index in [0.29, 0.717) is 17.2 Å². The van der Waals surface area contributed by atoms with Gasteiger partial charge in [-0.15, -0.1) is 0 Å². The average molecular weight is 310 g/mol. The molecule has 94 valence electrons. The van der Waals surface area contributed by atoms with E-state index in [1.807, 2.05) is 13.0 Å². The van der Waals surface area contributed by atoms with Gasteiger partial charge in [0.2, 0.25) is 0 Å². The molecule has 0 bridgehead atoms. The molecule has 5 nitrogen and oxygen atoms in total. The molecule has 0 aromatic carbocycles. The van der Waals surface area contributed by atoms with Gasteiger partial charge in [0.05, 0.1) is 15.9 Å². The van der Waals surface area contributed by atoms with Crippen LogP contribution >= 0.6 is 15.9 Å². The molecular formula is C12H12BrN3O2. The van der Waals surface area contributed by atoms with Gasteiger partial charge in [-0.05, 0) is 48.3 Å². The van der Waals surface area contributed by atoms with E-state index in [2.05, 4.69) is 26.0 Å². The zero-order valence-corrected chi connectivity index (χ0v) is 11.8. The number of carbonyl (C=O) groups is 1. The van der Waals surface area contributed by atoms with Crippen molar-refractivity contribution < 1.29 is 9.90 Å². The molecule has 2 aromatic rings. The number of nitrogens with zero attached hydrogens (tertiary/aromatic N) is 3. The van der Waals surface area contributed by atoms with Crippen molar-refractivity contribution in [1.29, 1.82) is 0 Å². The topological polar surface area (TPSA) is 68.0 Å². The summed E-state index contributed by atoms with van der Waals surface area (Å²) in [6.07, 6.45) is 1.72. The largest absolute Gasteiger partial charge is 0.478 e. The number of halogens is 1. The van der Waals surface area contributed by atoms with Gasteiger partial charge in [-0.25, -0.2) is 14.5 Å². The molecule has 0 aliphatic heterocycles. The Morgan fingerprint density at radius 1 is 1.39 bits per heavy atom. The lowest BCUT2D eigenvalue weighted by Crippen LogP contribution is -2.05. The van der Waals surface area contributed by atoms with Crippen LogP contribution in [0, 0.1) is 20.8 Å². The first-order valence-corrected chi connectivity index (χ1v) is 6.13. The number of carboxylic acids is 1. The molecule has 2 rings (SSSR count). The van der Waals surface area contributed by atoms with Crippen LogP contribution in [0.25, 0.3) is 5.82 Å². The van der Waals surface area contributed by atoms with Gasteiger partial charge in [0.15, 0.2) is 5.82 Å². The summed E-state index contributed by atoms with van der Waals surface area (Å²) in [6, 6.07) is 1.92. The Labute approximate surface area is 113 Å². The van der Waals surface area contributed by atoms with Gasteiger partial charge in [0.1, 0.15) is 5.56 Å². The minimum absolute atomic E-state index is 0.226. The number of aryl methyl sites for hydroxylation is 2. The van der Waals surface area contributed by atoms with Gasteiger partial charge < -0.3 is 5.11 Å². The van der Waals surface area contributed by atoms with Crippen LogP contribution in [0.3, 0.4) is 0 Å². The van der Waals surface area contributed by atoms with Crippen molar-refractivity contribution in [3.05, 3.63) is 39.3 Å². The molecule has 6 heteroatoms. The summed E-state index contributed by atoms with van der Waals surface area (Å²) < 4.78 is 2.33. The highest BCUT2D eigenvalue weighted by molar-refractivity contribution is 9.10. The monoisotopic (exact) mass is 309 g/mol. The van der Waals surface area contributed by atoms with E-state index in [4.69, 9.17) is 5.11 Å². The zero-order valence-electron chi connectivity index (χ0n) is 10.2. The second-order valence-electron chi connectivity index (χ2n) is 4.08. The summed E-state index contributed by atoms with van der Waals surface area (Å²) >= 11 is 3.42. The van der Waals surface area contributed by atoms with Crippen molar-refractivity contribution in [3.63, 3.8) is 0 Å². The van der Waals surface area contributed by atoms with Crippen LogP contribution in [0.15, 0.2) is 16.7 Å². The van der Waals surface area contributed by atoms with E-state index in [9.17, 15) is 4.79 Å². The molecule has 0 spiro atoms. The zero-order chi connectivity index (χ0) is 13.4. The third kappa shape index (κ3) is 2.03. The predicted molar refractivity (Wildman–Crippen MR) is 70.2 cm³/mol. The number of pyridine rings is 1. The van der Waals surface area contributed by atoms with Crippen molar-refractivity contribution in [3.8, 4) is 5.82 Å². The van der Waals surface area contributed by atoms with Gasteiger partial charge in [0, 0.05) is 6.20 Å². The number of hydrogen-bond acceptors (Lipinski definition) is 3. The van der Waals surface area contributed by atoms with Crippen LogP contribution in [0.2, 0.25) is 0 Å². The smallest absolute Gasteiger partial charge is 0.339 e. The van der Waals surface area contributed by atoms with E-state index >= 15 is 0 Å². The molecule has 0 radical (unpaired) electrons. The van der Waals surface area contributed by atoms with Crippen LogP contribution in [-0.2, 0) is 0 Å². The maximum Gasteiger partial charge on any atom is 0.339 e. The summed E-state index contributed by atoms with van der Waals surface area (Å²) in [7, 11) is 0. The molecule has 1 N–H and O–H groups in total. The van der Waals surface area contributed by atoms with Crippen LogP contribution in [0.1, 0.15) is 27.3 Å². The normalized spacial score (nSPS) is 10.7. The minimum Gasteiger partial charge on any atom is -0.478 e. The Bertz CT molecular complexity index is 634. The van der Waals surface area contributed by atoms with Crippen molar-refractivity contribution in [2.75, 3.05) is 0 Å². The van der Waals surface area contributed by atoms with Gasteiger partial charge in [0.25, 0.3) is 0 Å². The van der Waals surface area contributed by atoms with E-state index in [-0.39, 0.29) is 5.56 Å². The molecule has 0 saturated heterocycles. The summed E-state index contributed by atoms with van der Waals surface area (Å²) in [4.78, 5) is 15.4. The summed E-state index contributed by atoms with van der Waals surface area (Å²) in [5.74, 6) is -0.381. The predicted octanol–water partition coefficient (Wildman–Crippen LogP) is 2.65. The van der Waals surface area contributed by atoms with Crippen molar-refractivity contribution in [2.45, 2.75) is 20.8 Å². The first-order valence-electron chi connectivity index (χ1n) is 5.34. The maximum atomic E-state index is 11.1. The fourth-order valence-corrected chi connectivity index (χ4v) is 2.47. The summed E-state index contributed by atoms with van der Waals surface area (Å²) in [6.45, 7) is 5.33. The third-order valence-corrected chi connectivity index (χ3v) is 3.25. The van der Waals surface area contributed by atoms with Crippen LogP contribution in [-0.4, -0.2) is 25.8 Å². The van der Waals surface area contributed by atoms with Gasteiger partial charge in [-0.3, -0.25) is 0 Å². The maximum absolute atomic E-state index is 11.1. The molecule has 0 aliphatic carbocycles. The number of carboxylic acid groups (broad SMARTS) is 1. The van der Waals surface area contributed by atoms with Crippen molar-refractivity contribution >= 4 is 21.9 Å². The highest BCUT2D eigenvalue weighted by Gasteiger charge is 2.20. The second kappa shape index (κ2) is 4.53. The molecule has 0 fully saturated rings. The Balaban J connectivity index is 2.65. The van der Waals surface area contributed by atoms with Gasteiger partial charge in [-0.2, -0.15) is 5.10 Å². The van der Waals surface area contributed by atoms with Crippen LogP contribution in [0.4, 0.5) is 0 Å². The standard InChI is InChI=1S/C12H12BrN3O2/c1-6-4-9(13)11(14-5-6)16-8(3)10(12(17)18)7(2)15-16/h4-5H,1-3H3,(H,17,18). The van der Waals surface area contributed by atoms with Crippen molar-refractivity contribution in [2.24, 2.45) is 0 Å². The van der Waals surface area contributed by atoms with Gasteiger partial charge in [-0.1, -0.05) is 0 Å². The van der Waals surface area contributed by atoms with E-state index < -0.39 is 5.97 Å². The number of hydrogen-bond donors (Lipinski definition) is 1. The first-order chi connectivity index (χ1) is 8.41. The van der Waals surface area contributed by atoms with E-state index in [1.54, 1.807) is 24.7 Å². The summed E-state index contributed by atoms with van der Waals surface area (Å²) in [5, 5.41) is 13.4. The van der Waals surface area contributed by atoms with Crippen LogP contribution < -0.4 is 0 Å². The fourth-order valence-electron chi connectivity index (χ4n) is 1.84.